The van der Waals surface area contributed by atoms with E-state index in [1.807, 2.05) is 36.7 Å². The summed E-state index contributed by atoms with van der Waals surface area (Å²) in [4.78, 5) is 20.2. The van der Waals surface area contributed by atoms with Crippen LogP contribution in [0, 0.1) is 5.92 Å². The number of amides is 1. The second-order valence-electron chi connectivity index (χ2n) is 4.38. The molecule has 0 spiro atoms. The monoisotopic (exact) mass is 258 g/mol. The van der Waals surface area contributed by atoms with E-state index in [0.29, 0.717) is 0 Å². The summed E-state index contributed by atoms with van der Waals surface area (Å²) in [5, 5.41) is 2.89. The van der Waals surface area contributed by atoms with Crippen molar-refractivity contribution in [2.24, 2.45) is 5.92 Å². The van der Waals surface area contributed by atoms with Crippen molar-refractivity contribution in [2.45, 2.75) is 26.7 Å². The Kier molecular flexibility index (Phi) is 4.28. The number of nitrogens with zero attached hydrogens (tertiary/aromatic N) is 3. The van der Waals surface area contributed by atoms with Gasteiger partial charge in [0.25, 0.3) is 0 Å². The van der Waals surface area contributed by atoms with Crippen LogP contribution in [0.4, 0.5) is 5.69 Å². The third-order valence-electron chi connectivity index (χ3n) is 3.14. The maximum absolute atomic E-state index is 11.9. The number of hydrogen-bond donors (Lipinski definition) is 1. The summed E-state index contributed by atoms with van der Waals surface area (Å²) in [5.74, 6) is 0.897. The van der Waals surface area contributed by atoms with Crippen LogP contribution in [0.5, 0.6) is 0 Å². The Morgan fingerprint density at radius 1 is 1.37 bits per heavy atom. The van der Waals surface area contributed by atoms with Gasteiger partial charge >= 0.3 is 0 Å². The molecule has 19 heavy (non-hydrogen) atoms. The Morgan fingerprint density at radius 3 is 2.68 bits per heavy atom. The van der Waals surface area contributed by atoms with Crippen molar-refractivity contribution < 1.29 is 4.79 Å². The number of anilines is 1. The highest BCUT2D eigenvalue weighted by Crippen LogP contribution is 2.14. The zero-order chi connectivity index (χ0) is 13.7. The summed E-state index contributed by atoms with van der Waals surface area (Å²) >= 11 is 0. The number of carbonyl (C=O) groups is 1. The molecule has 2 rings (SSSR count). The molecule has 0 bridgehead atoms. The zero-order valence-electron chi connectivity index (χ0n) is 11.2. The number of aromatic nitrogens is 3. The molecule has 0 atom stereocenters. The van der Waals surface area contributed by atoms with Gasteiger partial charge in [0, 0.05) is 18.3 Å². The molecule has 0 aliphatic rings. The molecule has 2 aromatic rings. The van der Waals surface area contributed by atoms with Crippen LogP contribution in [0.2, 0.25) is 0 Å². The van der Waals surface area contributed by atoms with Crippen molar-refractivity contribution in [3.63, 3.8) is 0 Å². The lowest BCUT2D eigenvalue weighted by molar-refractivity contribution is -0.120. The normalized spacial score (nSPS) is 10.7. The van der Waals surface area contributed by atoms with Crippen molar-refractivity contribution in [1.29, 1.82) is 0 Å². The van der Waals surface area contributed by atoms with Gasteiger partial charge in [0.2, 0.25) is 5.91 Å². The molecule has 100 valence electrons. The molecule has 0 saturated heterocycles. The average molecular weight is 258 g/mol. The number of carbonyl (C=O) groups excluding carboxylic acids is 1. The molecule has 2 heterocycles. The van der Waals surface area contributed by atoms with Gasteiger partial charge in [0.1, 0.15) is 12.1 Å². The molecule has 0 saturated carbocycles. The van der Waals surface area contributed by atoms with E-state index in [1.54, 1.807) is 18.7 Å². The van der Waals surface area contributed by atoms with Gasteiger partial charge < -0.3 is 5.32 Å². The maximum Gasteiger partial charge on any atom is 0.227 e. The molecular formula is C14H18N4O. The van der Waals surface area contributed by atoms with Gasteiger partial charge in [-0.15, -0.1) is 0 Å². The minimum atomic E-state index is 0.0576. The second-order valence-corrected chi connectivity index (χ2v) is 4.38. The molecule has 5 nitrogen and oxygen atoms in total. The average Bonchev–Trinajstić information content (AvgIpc) is 2.95. The van der Waals surface area contributed by atoms with E-state index in [1.165, 1.54) is 0 Å². The predicted octanol–water partition coefficient (Wildman–Crippen LogP) is 2.64. The molecule has 0 aliphatic carbocycles. The Bertz CT molecular complexity index is 515. The van der Waals surface area contributed by atoms with Gasteiger partial charge in [0.05, 0.1) is 11.9 Å². The minimum Gasteiger partial charge on any atom is -0.324 e. The number of imidazole rings is 1. The van der Waals surface area contributed by atoms with E-state index in [2.05, 4.69) is 15.3 Å². The molecule has 0 aliphatic heterocycles. The van der Waals surface area contributed by atoms with Crippen LogP contribution in [0.25, 0.3) is 5.82 Å². The fourth-order valence-electron chi connectivity index (χ4n) is 1.91. The highest BCUT2D eigenvalue weighted by Gasteiger charge is 2.14. The van der Waals surface area contributed by atoms with Crippen LogP contribution in [0.1, 0.15) is 26.7 Å². The van der Waals surface area contributed by atoms with Crippen LogP contribution < -0.4 is 5.32 Å². The summed E-state index contributed by atoms with van der Waals surface area (Å²) in [7, 11) is 0. The highest BCUT2D eigenvalue weighted by atomic mass is 16.1. The predicted molar refractivity (Wildman–Crippen MR) is 74.1 cm³/mol. The lowest BCUT2D eigenvalue weighted by atomic mass is 10.0. The van der Waals surface area contributed by atoms with E-state index in [9.17, 15) is 4.79 Å². The van der Waals surface area contributed by atoms with Crippen LogP contribution >= 0.6 is 0 Å². The van der Waals surface area contributed by atoms with Crippen molar-refractivity contribution in [3.05, 3.63) is 37.1 Å². The van der Waals surface area contributed by atoms with Gasteiger partial charge in [-0.25, -0.2) is 9.97 Å². The first-order chi connectivity index (χ1) is 9.24. The third kappa shape index (κ3) is 3.19. The SMILES string of the molecule is CCC(CC)C(=O)Nc1ccc(-n2ccnc2)nc1. The number of rotatable bonds is 5. The van der Waals surface area contributed by atoms with Crippen molar-refractivity contribution in [1.82, 2.24) is 14.5 Å². The number of hydrogen-bond acceptors (Lipinski definition) is 3. The van der Waals surface area contributed by atoms with E-state index >= 15 is 0 Å². The Hall–Kier alpha value is -2.17. The van der Waals surface area contributed by atoms with E-state index in [0.717, 1.165) is 24.3 Å². The van der Waals surface area contributed by atoms with E-state index < -0.39 is 0 Å². The smallest absolute Gasteiger partial charge is 0.227 e. The lowest BCUT2D eigenvalue weighted by Crippen LogP contribution is -2.21. The molecule has 0 aromatic carbocycles. The summed E-state index contributed by atoms with van der Waals surface area (Å²) in [6.07, 6.45) is 8.57. The molecule has 5 heteroatoms. The zero-order valence-corrected chi connectivity index (χ0v) is 11.2. The Labute approximate surface area is 112 Å². The van der Waals surface area contributed by atoms with E-state index in [-0.39, 0.29) is 11.8 Å². The number of nitrogens with one attached hydrogen (secondary N) is 1. The molecule has 0 radical (unpaired) electrons. The van der Waals surface area contributed by atoms with Crippen LogP contribution in [-0.2, 0) is 4.79 Å². The first kappa shape index (κ1) is 13.3. The largest absolute Gasteiger partial charge is 0.324 e. The Morgan fingerprint density at radius 2 is 2.16 bits per heavy atom. The van der Waals surface area contributed by atoms with Crippen molar-refractivity contribution in [2.75, 3.05) is 5.32 Å². The van der Waals surface area contributed by atoms with Crippen molar-refractivity contribution >= 4 is 11.6 Å². The summed E-state index contributed by atoms with van der Waals surface area (Å²) < 4.78 is 1.81. The first-order valence-corrected chi connectivity index (χ1v) is 6.49. The molecule has 1 N–H and O–H groups in total. The molecule has 0 unspecified atom stereocenters. The highest BCUT2D eigenvalue weighted by molar-refractivity contribution is 5.92. The summed E-state index contributed by atoms with van der Waals surface area (Å²) in [5.41, 5.74) is 0.723. The second kappa shape index (κ2) is 6.13. The van der Waals surface area contributed by atoms with Crippen molar-refractivity contribution in [3.8, 4) is 5.82 Å². The quantitative estimate of drug-likeness (QED) is 0.896. The van der Waals surface area contributed by atoms with Gasteiger partial charge in [-0.05, 0) is 25.0 Å². The fourth-order valence-corrected chi connectivity index (χ4v) is 1.91. The number of pyridine rings is 1. The topological polar surface area (TPSA) is 59.8 Å². The maximum atomic E-state index is 11.9. The van der Waals surface area contributed by atoms with Crippen LogP contribution in [-0.4, -0.2) is 20.4 Å². The summed E-state index contributed by atoms with van der Waals surface area (Å²) in [6, 6.07) is 3.70. The van der Waals surface area contributed by atoms with Gasteiger partial charge in [-0.3, -0.25) is 9.36 Å². The molecular weight excluding hydrogens is 240 g/mol. The third-order valence-corrected chi connectivity index (χ3v) is 3.14. The minimum absolute atomic E-state index is 0.0576. The lowest BCUT2D eigenvalue weighted by Gasteiger charge is -2.12. The standard InChI is InChI=1S/C14H18N4O/c1-3-11(4-2)14(19)17-12-5-6-13(16-9-12)18-8-7-15-10-18/h5-11H,3-4H2,1-2H3,(H,17,19). The Balaban J connectivity index is 2.05. The molecule has 2 aromatic heterocycles. The first-order valence-electron chi connectivity index (χ1n) is 6.49. The van der Waals surface area contributed by atoms with E-state index in [4.69, 9.17) is 0 Å². The van der Waals surface area contributed by atoms with Crippen LogP contribution in [0.15, 0.2) is 37.1 Å². The van der Waals surface area contributed by atoms with Gasteiger partial charge in [-0.2, -0.15) is 0 Å². The summed E-state index contributed by atoms with van der Waals surface area (Å²) in [6.45, 7) is 4.04. The van der Waals surface area contributed by atoms with Crippen LogP contribution in [0.3, 0.4) is 0 Å². The van der Waals surface area contributed by atoms with Gasteiger partial charge in [0.15, 0.2) is 0 Å². The molecule has 1 amide bonds. The molecule has 0 fully saturated rings. The van der Waals surface area contributed by atoms with Gasteiger partial charge in [-0.1, -0.05) is 13.8 Å². The fraction of sp³-hybridized carbons (Fsp3) is 0.357.